The number of carbonyl (C=O) groups excluding carboxylic acids is 1. The minimum atomic E-state index is -0.558. The standard InChI is InChI=1S/C22H16N2O3S/c1-12-10-15-16(11-13(12)2)27-20-17(19(15)25)18(14-6-4-3-5-7-14)24(21(20)26)22-23-8-9-28-22/h3-11,18H,1-2H3/t18-/m1/s1. The maximum Gasteiger partial charge on any atom is 0.297 e. The molecule has 6 heteroatoms. The lowest BCUT2D eigenvalue weighted by Gasteiger charge is -2.22. The van der Waals surface area contributed by atoms with E-state index in [0.29, 0.717) is 21.7 Å². The Kier molecular flexibility index (Phi) is 3.70. The van der Waals surface area contributed by atoms with Gasteiger partial charge in [-0.25, -0.2) is 4.98 Å². The third-order valence-electron chi connectivity index (χ3n) is 5.23. The van der Waals surface area contributed by atoms with Gasteiger partial charge in [0.2, 0.25) is 5.76 Å². The maximum absolute atomic E-state index is 13.5. The average Bonchev–Trinajstić information content (AvgIpc) is 3.31. The lowest BCUT2D eigenvalue weighted by Crippen LogP contribution is -2.29. The van der Waals surface area contributed by atoms with Gasteiger partial charge in [-0.05, 0) is 42.7 Å². The van der Waals surface area contributed by atoms with Crippen LogP contribution in [0.2, 0.25) is 0 Å². The minimum Gasteiger partial charge on any atom is -0.450 e. The molecule has 0 saturated heterocycles. The molecule has 28 heavy (non-hydrogen) atoms. The molecule has 2 aromatic carbocycles. The molecule has 1 amide bonds. The van der Waals surface area contributed by atoms with E-state index in [1.165, 1.54) is 11.3 Å². The van der Waals surface area contributed by atoms with Gasteiger partial charge in [0.1, 0.15) is 5.58 Å². The fourth-order valence-corrected chi connectivity index (χ4v) is 4.38. The fourth-order valence-electron chi connectivity index (χ4n) is 3.71. The summed E-state index contributed by atoms with van der Waals surface area (Å²) in [5.74, 6) is -0.235. The van der Waals surface area contributed by atoms with Gasteiger partial charge in [0.05, 0.1) is 17.0 Å². The van der Waals surface area contributed by atoms with Crippen LogP contribution < -0.4 is 10.3 Å². The van der Waals surface area contributed by atoms with Gasteiger partial charge >= 0.3 is 0 Å². The van der Waals surface area contributed by atoms with Crippen molar-refractivity contribution < 1.29 is 9.21 Å². The average molecular weight is 388 g/mol. The number of aryl methyl sites for hydroxylation is 2. The van der Waals surface area contributed by atoms with Crippen LogP contribution in [0.15, 0.2) is 63.3 Å². The molecule has 0 saturated carbocycles. The second-order valence-corrected chi connectivity index (χ2v) is 7.78. The van der Waals surface area contributed by atoms with E-state index in [9.17, 15) is 9.59 Å². The van der Waals surface area contributed by atoms with Gasteiger partial charge in [0, 0.05) is 11.6 Å². The molecule has 0 unspecified atom stereocenters. The first kappa shape index (κ1) is 16.9. The zero-order chi connectivity index (χ0) is 19.4. The number of anilines is 1. The predicted octanol–water partition coefficient (Wildman–Crippen LogP) is 4.62. The Morgan fingerprint density at radius 1 is 1.07 bits per heavy atom. The molecule has 1 aliphatic heterocycles. The van der Waals surface area contributed by atoms with Gasteiger partial charge in [0.15, 0.2) is 10.6 Å². The van der Waals surface area contributed by atoms with Crippen LogP contribution in [0.1, 0.15) is 38.9 Å². The zero-order valence-corrected chi connectivity index (χ0v) is 16.1. The van der Waals surface area contributed by atoms with E-state index in [2.05, 4.69) is 4.98 Å². The molecule has 5 rings (SSSR count). The topological polar surface area (TPSA) is 63.4 Å². The summed E-state index contributed by atoms with van der Waals surface area (Å²) in [5, 5.41) is 2.85. The number of hydrogen-bond donors (Lipinski definition) is 0. The molecule has 0 spiro atoms. The molecule has 0 bridgehead atoms. The SMILES string of the molecule is Cc1cc2oc3c(c(=O)c2cc1C)[C@@H](c1ccccc1)N(c1nccs1)C3=O. The highest BCUT2D eigenvalue weighted by atomic mass is 32.1. The van der Waals surface area contributed by atoms with Crippen LogP contribution in [-0.2, 0) is 0 Å². The van der Waals surface area contributed by atoms with Gasteiger partial charge in [-0.15, -0.1) is 11.3 Å². The molecule has 0 radical (unpaired) electrons. The van der Waals surface area contributed by atoms with Crippen molar-refractivity contribution in [2.24, 2.45) is 0 Å². The number of fused-ring (bicyclic) bond motifs is 2. The Balaban J connectivity index is 1.85. The Hall–Kier alpha value is -3.25. The molecule has 2 aromatic heterocycles. The highest BCUT2D eigenvalue weighted by molar-refractivity contribution is 7.13. The van der Waals surface area contributed by atoms with Crippen molar-refractivity contribution in [3.8, 4) is 0 Å². The van der Waals surface area contributed by atoms with E-state index in [0.717, 1.165) is 16.7 Å². The lowest BCUT2D eigenvalue weighted by molar-refractivity contribution is 0.0971. The number of thiazole rings is 1. The van der Waals surface area contributed by atoms with Crippen molar-refractivity contribution in [2.45, 2.75) is 19.9 Å². The predicted molar refractivity (Wildman–Crippen MR) is 109 cm³/mol. The Bertz CT molecular complexity index is 1280. The van der Waals surface area contributed by atoms with Crippen molar-refractivity contribution in [1.82, 2.24) is 4.98 Å². The molecule has 0 aliphatic carbocycles. The van der Waals surface area contributed by atoms with Gasteiger partial charge in [-0.1, -0.05) is 30.3 Å². The van der Waals surface area contributed by atoms with Crippen LogP contribution in [0.25, 0.3) is 11.0 Å². The summed E-state index contributed by atoms with van der Waals surface area (Å²) in [7, 11) is 0. The number of aromatic nitrogens is 1. The molecule has 0 fully saturated rings. The van der Waals surface area contributed by atoms with Crippen molar-refractivity contribution >= 4 is 33.3 Å². The number of amides is 1. The van der Waals surface area contributed by atoms with Crippen LogP contribution in [-0.4, -0.2) is 10.9 Å². The van der Waals surface area contributed by atoms with Crippen molar-refractivity contribution in [3.05, 3.63) is 92.3 Å². The summed E-state index contributed by atoms with van der Waals surface area (Å²) in [6.45, 7) is 3.92. The van der Waals surface area contributed by atoms with Crippen LogP contribution in [0.3, 0.4) is 0 Å². The van der Waals surface area contributed by atoms with E-state index in [-0.39, 0.29) is 17.1 Å². The Morgan fingerprint density at radius 3 is 2.54 bits per heavy atom. The first-order valence-corrected chi connectivity index (χ1v) is 9.80. The number of nitrogens with zero attached hydrogens (tertiary/aromatic N) is 2. The van der Waals surface area contributed by atoms with E-state index in [1.54, 1.807) is 11.1 Å². The van der Waals surface area contributed by atoms with Crippen LogP contribution in [0, 0.1) is 13.8 Å². The van der Waals surface area contributed by atoms with E-state index < -0.39 is 6.04 Å². The monoisotopic (exact) mass is 388 g/mol. The van der Waals surface area contributed by atoms with E-state index in [4.69, 9.17) is 4.42 Å². The molecule has 3 heterocycles. The largest absolute Gasteiger partial charge is 0.450 e. The number of rotatable bonds is 2. The summed E-state index contributed by atoms with van der Waals surface area (Å²) in [5.41, 5.74) is 3.52. The number of carbonyl (C=O) groups is 1. The molecule has 5 nitrogen and oxygen atoms in total. The summed E-state index contributed by atoms with van der Waals surface area (Å²) in [6, 6.07) is 12.6. The minimum absolute atomic E-state index is 0.102. The van der Waals surface area contributed by atoms with Crippen LogP contribution in [0.4, 0.5) is 5.13 Å². The van der Waals surface area contributed by atoms with Crippen molar-refractivity contribution in [2.75, 3.05) is 4.90 Å². The van der Waals surface area contributed by atoms with Crippen molar-refractivity contribution in [3.63, 3.8) is 0 Å². The molecule has 1 aliphatic rings. The van der Waals surface area contributed by atoms with Crippen molar-refractivity contribution in [1.29, 1.82) is 0 Å². The number of benzene rings is 2. The maximum atomic E-state index is 13.5. The highest BCUT2D eigenvalue weighted by Crippen LogP contribution is 2.41. The molecular formula is C22H16N2O3S. The Labute approximate surface area is 164 Å². The number of hydrogen-bond acceptors (Lipinski definition) is 5. The summed E-state index contributed by atoms with van der Waals surface area (Å²) in [6.07, 6.45) is 1.65. The third-order valence-corrected chi connectivity index (χ3v) is 6.00. The summed E-state index contributed by atoms with van der Waals surface area (Å²) >= 11 is 1.36. The van der Waals surface area contributed by atoms with Gasteiger partial charge in [-0.2, -0.15) is 0 Å². The summed E-state index contributed by atoms with van der Waals surface area (Å²) < 4.78 is 6.00. The van der Waals surface area contributed by atoms with Gasteiger partial charge < -0.3 is 4.42 Å². The summed E-state index contributed by atoms with van der Waals surface area (Å²) in [4.78, 5) is 32.6. The second kappa shape index (κ2) is 6.14. The highest BCUT2D eigenvalue weighted by Gasteiger charge is 2.44. The quantitative estimate of drug-likeness (QED) is 0.503. The lowest BCUT2D eigenvalue weighted by atomic mass is 9.98. The first-order chi connectivity index (χ1) is 13.6. The molecule has 138 valence electrons. The molecular weight excluding hydrogens is 372 g/mol. The van der Waals surface area contributed by atoms with Gasteiger partial charge in [-0.3, -0.25) is 14.5 Å². The second-order valence-electron chi connectivity index (χ2n) is 6.91. The van der Waals surface area contributed by atoms with E-state index in [1.807, 2.05) is 61.7 Å². The fraction of sp³-hybridized carbons (Fsp3) is 0.136. The molecule has 0 N–H and O–H groups in total. The first-order valence-electron chi connectivity index (χ1n) is 8.92. The zero-order valence-electron chi connectivity index (χ0n) is 15.3. The molecule has 4 aromatic rings. The van der Waals surface area contributed by atoms with Crippen LogP contribution >= 0.6 is 11.3 Å². The normalized spacial score (nSPS) is 16.0. The molecule has 1 atom stereocenters. The Morgan fingerprint density at radius 2 is 1.82 bits per heavy atom. The third kappa shape index (κ3) is 2.34. The van der Waals surface area contributed by atoms with E-state index >= 15 is 0 Å². The van der Waals surface area contributed by atoms with Crippen LogP contribution in [0.5, 0.6) is 0 Å². The smallest absolute Gasteiger partial charge is 0.297 e. The van der Waals surface area contributed by atoms with Gasteiger partial charge in [0.25, 0.3) is 5.91 Å².